The molecule has 0 aliphatic rings. The molecule has 0 unspecified atom stereocenters. The summed E-state index contributed by atoms with van der Waals surface area (Å²) >= 11 is 0. The molecule has 1 rings (SSSR count). The number of nitrogens with zero attached hydrogens (tertiary/aromatic N) is 1. The third-order valence-corrected chi connectivity index (χ3v) is 6.64. The van der Waals surface area contributed by atoms with Crippen molar-refractivity contribution in [2.75, 3.05) is 0 Å². The van der Waals surface area contributed by atoms with Crippen LogP contribution < -0.4 is 0 Å². The van der Waals surface area contributed by atoms with E-state index >= 15 is 0 Å². The van der Waals surface area contributed by atoms with Crippen molar-refractivity contribution in [3.05, 3.63) is 48.0 Å². The molecular formula is C26H43NO5Si. The number of rotatable bonds is 12. The van der Waals surface area contributed by atoms with Gasteiger partial charge in [0.05, 0.1) is 12.7 Å². The summed E-state index contributed by atoms with van der Waals surface area (Å²) in [5.74, 6) is -0.457. The molecule has 0 radical (unpaired) electrons. The summed E-state index contributed by atoms with van der Waals surface area (Å²) in [6, 6.07) is 10.4. The van der Waals surface area contributed by atoms with Crippen molar-refractivity contribution < 1.29 is 23.8 Å². The van der Waals surface area contributed by atoms with E-state index in [1.165, 1.54) is 6.92 Å². The van der Waals surface area contributed by atoms with Crippen LogP contribution >= 0.6 is 0 Å². The molecule has 7 heteroatoms. The Labute approximate surface area is 201 Å². The summed E-state index contributed by atoms with van der Waals surface area (Å²) in [5.41, 5.74) is 1.75. The van der Waals surface area contributed by atoms with Crippen molar-refractivity contribution in [3.8, 4) is 0 Å². The van der Waals surface area contributed by atoms with Crippen LogP contribution in [0.5, 0.6) is 0 Å². The molecule has 186 valence electrons. The summed E-state index contributed by atoms with van der Waals surface area (Å²) in [6.07, 6.45) is -2.58. The standard InChI is InChI=1S/C26H43NO5Si/c1-18(2)27(19(3)4)26(29)32-24(20(5)17-33(8,9)10)25(31-22(7)28)21(6)30-16-23-14-12-11-13-15-23/h11-15,18-19,21,24-25H,5,16-17H2,1-4,6-10H3/t21-,24-,25+/m0/s1. The van der Waals surface area contributed by atoms with Gasteiger partial charge in [-0.2, -0.15) is 0 Å². The van der Waals surface area contributed by atoms with Crippen LogP contribution in [0.2, 0.25) is 25.7 Å². The Morgan fingerprint density at radius 1 is 0.970 bits per heavy atom. The van der Waals surface area contributed by atoms with Crippen LogP contribution in [0.1, 0.15) is 47.1 Å². The second-order valence-electron chi connectivity index (χ2n) is 10.4. The highest BCUT2D eigenvalue weighted by atomic mass is 28.3. The van der Waals surface area contributed by atoms with Crippen LogP contribution in [0.3, 0.4) is 0 Å². The molecule has 0 spiro atoms. The maximum absolute atomic E-state index is 13.2. The van der Waals surface area contributed by atoms with Crippen LogP contribution in [-0.2, 0) is 25.6 Å². The fourth-order valence-electron chi connectivity index (χ4n) is 3.84. The van der Waals surface area contributed by atoms with E-state index < -0.39 is 38.4 Å². The van der Waals surface area contributed by atoms with Gasteiger partial charge in [-0.05, 0) is 51.8 Å². The van der Waals surface area contributed by atoms with Gasteiger partial charge in [0, 0.05) is 27.1 Å². The van der Waals surface area contributed by atoms with Crippen LogP contribution in [0.4, 0.5) is 4.79 Å². The summed E-state index contributed by atoms with van der Waals surface area (Å²) < 4.78 is 17.8. The molecule has 1 aromatic rings. The molecule has 0 fully saturated rings. The molecule has 0 aliphatic heterocycles. The average molecular weight is 478 g/mol. The van der Waals surface area contributed by atoms with E-state index in [2.05, 4.69) is 26.2 Å². The number of carbonyl (C=O) groups is 2. The number of benzene rings is 1. The number of hydrogen-bond donors (Lipinski definition) is 0. The quantitative estimate of drug-likeness (QED) is 0.208. The van der Waals surface area contributed by atoms with E-state index in [-0.39, 0.29) is 12.1 Å². The molecule has 1 aromatic carbocycles. The zero-order valence-corrected chi connectivity index (χ0v) is 22.9. The molecule has 0 N–H and O–H groups in total. The molecule has 1 amide bonds. The summed E-state index contributed by atoms with van der Waals surface area (Å²) in [5, 5.41) is 0. The monoisotopic (exact) mass is 477 g/mol. The Morgan fingerprint density at radius 2 is 1.52 bits per heavy atom. The fraction of sp³-hybridized carbons (Fsp3) is 0.615. The number of hydrogen-bond acceptors (Lipinski definition) is 5. The molecular weight excluding hydrogens is 434 g/mol. The van der Waals surface area contributed by atoms with Crippen LogP contribution in [-0.4, -0.2) is 55.4 Å². The second kappa shape index (κ2) is 12.9. The van der Waals surface area contributed by atoms with Crippen molar-refractivity contribution in [3.63, 3.8) is 0 Å². The predicted octanol–water partition coefficient (Wildman–Crippen LogP) is 6.04. The van der Waals surface area contributed by atoms with Gasteiger partial charge >= 0.3 is 12.1 Å². The minimum atomic E-state index is -1.58. The molecule has 0 saturated heterocycles. The van der Waals surface area contributed by atoms with Crippen molar-refractivity contribution in [2.24, 2.45) is 0 Å². The van der Waals surface area contributed by atoms with Gasteiger partial charge in [0.2, 0.25) is 0 Å². The highest BCUT2D eigenvalue weighted by Gasteiger charge is 2.38. The number of carbonyl (C=O) groups excluding carboxylic acids is 2. The highest BCUT2D eigenvalue weighted by Crippen LogP contribution is 2.27. The van der Waals surface area contributed by atoms with Gasteiger partial charge in [0.1, 0.15) is 0 Å². The van der Waals surface area contributed by atoms with E-state index in [0.717, 1.165) is 17.2 Å². The Kier molecular flexibility index (Phi) is 11.3. The maximum atomic E-state index is 13.2. The molecule has 6 nitrogen and oxygen atoms in total. The van der Waals surface area contributed by atoms with Crippen LogP contribution in [0, 0.1) is 0 Å². The van der Waals surface area contributed by atoms with Gasteiger partial charge in [-0.25, -0.2) is 4.79 Å². The summed E-state index contributed by atoms with van der Waals surface area (Å²) in [6.45, 7) is 22.3. The van der Waals surface area contributed by atoms with Crippen LogP contribution in [0.15, 0.2) is 42.5 Å². The first kappa shape index (κ1) is 28.9. The molecule has 0 saturated carbocycles. The maximum Gasteiger partial charge on any atom is 0.410 e. The predicted molar refractivity (Wildman–Crippen MR) is 136 cm³/mol. The number of amides is 1. The Bertz CT molecular complexity index is 765. The summed E-state index contributed by atoms with van der Waals surface area (Å²) in [4.78, 5) is 26.9. The molecule has 0 bridgehead atoms. The highest BCUT2D eigenvalue weighted by molar-refractivity contribution is 6.76. The Balaban J connectivity index is 3.23. The van der Waals surface area contributed by atoms with Crippen molar-refractivity contribution in [1.29, 1.82) is 0 Å². The fourth-order valence-corrected chi connectivity index (χ4v) is 5.41. The third kappa shape index (κ3) is 10.1. The van der Waals surface area contributed by atoms with E-state index in [1.54, 1.807) is 4.90 Å². The first-order chi connectivity index (χ1) is 15.2. The van der Waals surface area contributed by atoms with E-state index in [0.29, 0.717) is 6.61 Å². The summed E-state index contributed by atoms with van der Waals surface area (Å²) in [7, 11) is -1.58. The lowest BCUT2D eigenvalue weighted by atomic mass is 10.0. The van der Waals surface area contributed by atoms with Gasteiger partial charge in [-0.15, -0.1) is 0 Å². The van der Waals surface area contributed by atoms with E-state index in [4.69, 9.17) is 14.2 Å². The smallest absolute Gasteiger partial charge is 0.410 e. The number of ether oxygens (including phenoxy) is 3. The molecule has 0 heterocycles. The topological polar surface area (TPSA) is 65.1 Å². The molecule has 3 atom stereocenters. The zero-order chi connectivity index (χ0) is 25.3. The van der Waals surface area contributed by atoms with Gasteiger partial charge in [-0.1, -0.05) is 56.6 Å². The molecule has 0 aliphatic carbocycles. The normalized spacial score (nSPS) is 14.5. The lowest BCUT2D eigenvalue weighted by molar-refractivity contribution is -0.164. The Hall–Kier alpha value is -2.12. The Morgan fingerprint density at radius 3 is 1.97 bits per heavy atom. The van der Waals surface area contributed by atoms with Gasteiger partial charge in [-0.3, -0.25) is 4.79 Å². The average Bonchev–Trinajstić information content (AvgIpc) is 2.67. The van der Waals surface area contributed by atoms with Crippen LogP contribution in [0.25, 0.3) is 0 Å². The van der Waals surface area contributed by atoms with E-state index in [1.807, 2.05) is 65.0 Å². The van der Waals surface area contributed by atoms with Crippen molar-refractivity contribution in [2.45, 2.75) is 104 Å². The molecule has 0 aromatic heterocycles. The lowest BCUT2D eigenvalue weighted by Crippen LogP contribution is -2.49. The zero-order valence-electron chi connectivity index (χ0n) is 21.9. The SMILES string of the molecule is C=C(C[Si](C)(C)C)[C@H](OC(=O)N(C(C)C)C(C)C)[C@H](OC(C)=O)[C@H](C)OCc1ccccc1. The number of esters is 1. The second-order valence-corrected chi connectivity index (χ2v) is 15.8. The van der Waals surface area contributed by atoms with Gasteiger partial charge in [0.25, 0.3) is 0 Å². The van der Waals surface area contributed by atoms with E-state index in [9.17, 15) is 9.59 Å². The third-order valence-electron chi connectivity index (χ3n) is 5.13. The lowest BCUT2D eigenvalue weighted by Gasteiger charge is -2.36. The first-order valence-corrected chi connectivity index (χ1v) is 15.4. The largest absolute Gasteiger partial charge is 0.455 e. The van der Waals surface area contributed by atoms with Crippen molar-refractivity contribution >= 4 is 20.1 Å². The minimum absolute atomic E-state index is 0.0395. The minimum Gasteiger partial charge on any atom is -0.455 e. The van der Waals surface area contributed by atoms with Gasteiger partial charge in [0.15, 0.2) is 12.2 Å². The first-order valence-electron chi connectivity index (χ1n) is 11.7. The van der Waals surface area contributed by atoms with Gasteiger partial charge < -0.3 is 19.1 Å². The molecule has 33 heavy (non-hydrogen) atoms. The van der Waals surface area contributed by atoms with Crippen molar-refractivity contribution in [1.82, 2.24) is 4.90 Å².